The molecule has 1 aliphatic rings. The van der Waals surface area contributed by atoms with E-state index in [1.54, 1.807) is 0 Å². The number of hydrogen-bond donors (Lipinski definition) is 2. The van der Waals surface area contributed by atoms with Gasteiger partial charge >= 0.3 is 0 Å². The molecule has 1 saturated carbocycles. The second kappa shape index (κ2) is 7.78. The molecule has 1 rings (SSSR count). The summed E-state index contributed by atoms with van der Waals surface area (Å²) in [6.45, 7) is 1.90. The molecule has 1 fully saturated rings. The Hall–Kier alpha value is -0.560. The predicted molar refractivity (Wildman–Crippen MR) is 77.9 cm³/mol. The Morgan fingerprint density at radius 2 is 1.83 bits per heavy atom. The molecule has 18 heavy (non-hydrogen) atoms. The lowest BCUT2D eigenvalue weighted by Crippen LogP contribution is -2.60. The third-order valence-corrected chi connectivity index (χ3v) is 4.44. The van der Waals surface area contributed by atoms with E-state index in [9.17, 15) is 0 Å². The molecule has 3 N–H and O–H groups in total. The Labute approximate surface area is 112 Å². The van der Waals surface area contributed by atoms with Crippen molar-refractivity contribution in [2.45, 2.75) is 69.9 Å². The van der Waals surface area contributed by atoms with E-state index in [-0.39, 0.29) is 5.54 Å². The molecule has 0 aromatic heterocycles. The van der Waals surface area contributed by atoms with Gasteiger partial charge in [0.05, 0.1) is 0 Å². The zero-order chi connectivity index (χ0) is 13.4. The van der Waals surface area contributed by atoms with Crippen LogP contribution in [0, 0.1) is 11.8 Å². The van der Waals surface area contributed by atoms with Gasteiger partial charge in [-0.3, -0.25) is 11.3 Å². The smallest absolute Gasteiger partial charge is 0.0403 e. The third kappa shape index (κ3) is 3.71. The number of rotatable bonds is 5. The van der Waals surface area contributed by atoms with Crippen LogP contribution in [0.4, 0.5) is 0 Å². The van der Waals surface area contributed by atoms with Crippen molar-refractivity contribution >= 4 is 0 Å². The van der Waals surface area contributed by atoms with Crippen LogP contribution in [-0.4, -0.2) is 30.6 Å². The van der Waals surface area contributed by atoms with Gasteiger partial charge in [-0.25, -0.2) is 0 Å². The zero-order valence-electron chi connectivity index (χ0n) is 12.3. The van der Waals surface area contributed by atoms with Gasteiger partial charge in [-0.2, -0.15) is 0 Å². The van der Waals surface area contributed by atoms with Crippen LogP contribution in [0.2, 0.25) is 0 Å². The van der Waals surface area contributed by atoms with E-state index < -0.39 is 0 Å². The summed E-state index contributed by atoms with van der Waals surface area (Å²) in [7, 11) is 4.39. The van der Waals surface area contributed by atoms with Gasteiger partial charge < -0.3 is 4.90 Å². The quantitative estimate of drug-likeness (QED) is 0.341. The van der Waals surface area contributed by atoms with Gasteiger partial charge in [0.25, 0.3) is 0 Å². The van der Waals surface area contributed by atoms with Gasteiger partial charge in [-0.15, -0.1) is 11.8 Å². The van der Waals surface area contributed by atoms with E-state index in [2.05, 4.69) is 36.3 Å². The summed E-state index contributed by atoms with van der Waals surface area (Å²) in [5.74, 6) is 12.0. The van der Waals surface area contributed by atoms with Gasteiger partial charge in [0.2, 0.25) is 0 Å². The first kappa shape index (κ1) is 15.5. The monoisotopic (exact) mass is 251 g/mol. The summed E-state index contributed by atoms with van der Waals surface area (Å²) in [4.78, 5) is 2.39. The van der Waals surface area contributed by atoms with E-state index in [1.165, 1.54) is 38.5 Å². The lowest BCUT2D eigenvalue weighted by Gasteiger charge is -2.45. The molecule has 0 radical (unpaired) electrons. The van der Waals surface area contributed by atoms with E-state index in [1.807, 2.05) is 6.92 Å². The van der Waals surface area contributed by atoms with Crippen LogP contribution >= 0.6 is 0 Å². The minimum Gasteiger partial charge on any atom is -0.302 e. The molecular weight excluding hydrogens is 222 g/mol. The lowest BCUT2D eigenvalue weighted by atomic mass is 9.79. The van der Waals surface area contributed by atoms with Crippen molar-refractivity contribution in [1.82, 2.24) is 10.3 Å². The number of nitrogens with two attached hydrogens (primary N) is 1. The molecule has 1 aliphatic carbocycles. The standard InChI is InChI=1S/C15H29N3/c1-4-5-8-11-14(17-16)15(18(2)3)12-9-6-7-10-13-15/h14,17H,6-13,16H2,1-3H3. The Morgan fingerprint density at radius 3 is 2.28 bits per heavy atom. The summed E-state index contributed by atoms with van der Waals surface area (Å²) in [6, 6.07) is 0.339. The summed E-state index contributed by atoms with van der Waals surface area (Å²) >= 11 is 0. The van der Waals surface area contributed by atoms with Crippen molar-refractivity contribution in [3.8, 4) is 11.8 Å². The highest BCUT2D eigenvalue weighted by Crippen LogP contribution is 2.35. The predicted octanol–water partition coefficient (Wildman–Crippen LogP) is 2.28. The largest absolute Gasteiger partial charge is 0.302 e. The minimum atomic E-state index is 0.209. The molecule has 0 saturated heterocycles. The maximum absolute atomic E-state index is 5.83. The van der Waals surface area contributed by atoms with Crippen LogP contribution in [0.1, 0.15) is 58.3 Å². The molecule has 0 aromatic rings. The van der Waals surface area contributed by atoms with Crippen molar-refractivity contribution in [1.29, 1.82) is 0 Å². The van der Waals surface area contributed by atoms with Gasteiger partial charge in [0, 0.05) is 18.0 Å². The Morgan fingerprint density at radius 1 is 1.22 bits per heavy atom. The van der Waals surface area contributed by atoms with E-state index in [0.29, 0.717) is 6.04 Å². The lowest BCUT2D eigenvalue weighted by molar-refractivity contribution is 0.0769. The fourth-order valence-corrected chi connectivity index (χ4v) is 3.30. The number of hydrazine groups is 1. The molecule has 0 heterocycles. The number of nitrogens with zero attached hydrogens (tertiary/aromatic N) is 1. The highest BCUT2D eigenvalue weighted by atomic mass is 15.3. The second-order valence-electron chi connectivity index (χ2n) is 5.60. The van der Waals surface area contributed by atoms with E-state index in [0.717, 1.165) is 12.8 Å². The topological polar surface area (TPSA) is 41.3 Å². The van der Waals surface area contributed by atoms with E-state index in [4.69, 9.17) is 5.84 Å². The van der Waals surface area contributed by atoms with Crippen LogP contribution in [0.5, 0.6) is 0 Å². The van der Waals surface area contributed by atoms with Gasteiger partial charge in [0.15, 0.2) is 0 Å². The zero-order valence-corrected chi connectivity index (χ0v) is 12.3. The Kier molecular flexibility index (Phi) is 6.70. The molecule has 1 atom stereocenters. The summed E-state index contributed by atoms with van der Waals surface area (Å²) in [6.07, 6.45) is 9.81. The average molecular weight is 251 g/mol. The van der Waals surface area contributed by atoms with Gasteiger partial charge in [-0.1, -0.05) is 25.7 Å². The normalized spacial score (nSPS) is 20.9. The molecule has 0 bridgehead atoms. The molecule has 0 aliphatic heterocycles. The van der Waals surface area contributed by atoms with Crippen molar-refractivity contribution < 1.29 is 0 Å². The summed E-state index contributed by atoms with van der Waals surface area (Å²) in [5, 5.41) is 0. The first-order chi connectivity index (χ1) is 8.67. The molecular formula is C15H29N3. The SMILES string of the molecule is CC#CCCC(NN)C1(N(C)C)CCCCCC1. The second-order valence-corrected chi connectivity index (χ2v) is 5.60. The third-order valence-electron chi connectivity index (χ3n) is 4.44. The first-order valence-electron chi connectivity index (χ1n) is 7.20. The first-order valence-corrected chi connectivity index (χ1v) is 7.20. The minimum absolute atomic E-state index is 0.209. The van der Waals surface area contributed by atoms with Crippen LogP contribution in [0.3, 0.4) is 0 Å². The number of hydrogen-bond acceptors (Lipinski definition) is 3. The molecule has 3 nitrogen and oxygen atoms in total. The molecule has 0 spiro atoms. The van der Waals surface area contributed by atoms with Crippen molar-refractivity contribution in [3.05, 3.63) is 0 Å². The number of nitrogens with one attached hydrogen (secondary N) is 1. The molecule has 3 heteroatoms. The number of likely N-dealkylation sites (N-methyl/N-ethyl adjacent to an activating group) is 1. The van der Waals surface area contributed by atoms with Crippen LogP contribution < -0.4 is 11.3 Å². The average Bonchev–Trinajstić information content (AvgIpc) is 2.61. The maximum Gasteiger partial charge on any atom is 0.0403 e. The Bertz CT molecular complexity index is 280. The molecule has 1 unspecified atom stereocenters. The van der Waals surface area contributed by atoms with Gasteiger partial charge in [0.1, 0.15) is 0 Å². The summed E-state index contributed by atoms with van der Waals surface area (Å²) in [5.41, 5.74) is 3.28. The maximum atomic E-state index is 5.83. The van der Waals surface area contributed by atoms with Crippen LogP contribution in [0.25, 0.3) is 0 Å². The fraction of sp³-hybridized carbons (Fsp3) is 0.867. The molecule has 104 valence electrons. The van der Waals surface area contributed by atoms with Crippen molar-refractivity contribution in [3.63, 3.8) is 0 Å². The highest BCUT2D eigenvalue weighted by Gasteiger charge is 2.39. The van der Waals surface area contributed by atoms with Crippen LogP contribution in [0.15, 0.2) is 0 Å². The van der Waals surface area contributed by atoms with Crippen LogP contribution in [-0.2, 0) is 0 Å². The van der Waals surface area contributed by atoms with Crippen molar-refractivity contribution in [2.24, 2.45) is 5.84 Å². The molecule has 0 amide bonds. The molecule has 0 aromatic carbocycles. The van der Waals surface area contributed by atoms with Crippen molar-refractivity contribution in [2.75, 3.05) is 14.1 Å². The Balaban J connectivity index is 2.80. The van der Waals surface area contributed by atoms with Gasteiger partial charge in [-0.05, 0) is 40.3 Å². The highest BCUT2D eigenvalue weighted by molar-refractivity contribution is 5.02. The summed E-state index contributed by atoms with van der Waals surface area (Å²) < 4.78 is 0. The van der Waals surface area contributed by atoms with E-state index >= 15 is 0 Å². The fourth-order valence-electron chi connectivity index (χ4n) is 3.30.